The topological polar surface area (TPSA) is 56.7 Å². The largest absolute Gasteiger partial charge is 0.357 e. The van der Waals surface area contributed by atoms with Gasteiger partial charge in [-0.25, -0.2) is 0 Å². The van der Waals surface area contributed by atoms with E-state index in [9.17, 15) is 4.79 Å². The van der Waals surface area contributed by atoms with E-state index in [1.54, 1.807) is 4.90 Å². The first-order valence-corrected chi connectivity index (χ1v) is 9.23. The molecule has 0 aromatic rings. The van der Waals surface area contributed by atoms with E-state index in [0.717, 1.165) is 44.7 Å². The van der Waals surface area contributed by atoms with E-state index in [2.05, 4.69) is 31.4 Å². The summed E-state index contributed by atoms with van der Waals surface area (Å²) in [4.78, 5) is 19.1. The summed E-state index contributed by atoms with van der Waals surface area (Å²) in [6, 6.07) is 0. The van der Waals surface area contributed by atoms with Gasteiger partial charge in [-0.15, -0.1) is 0 Å². The van der Waals surface area contributed by atoms with Crippen LogP contribution in [-0.2, 0) is 4.79 Å². The van der Waals surface area contributed by atoms with E-state index < -0.39 is 0 Å². The van der Waals surface area contributed by atoms with Crippen molar-refractivity contribution in [2.24, 2.45) is 16.3 Å². The highest BCUT2D eigenvalue weighted by molar-refractivity contribution is 5.84. The fourth-order valence-electron chi connectivity index (χ4n) is 3.36. The molecule has 1 saturated carbocycles. The molecule has 0 heterocycles. The Labute approximate surface area is 142 Å². The van der Waals surface area contributed by atoms with E-state index in [1.807, 2.05) is 14.1 Å². The van der Waals surface area contributed by atoms with Crippen molar-refractivity contribution in [1.29, 1.82) is 0 Å². The zero-order valence-electron chi connectivity index (χ0n) is 15.7. The fraction of sp³-hybridized carbons (Fsp3) is 0.889. The molecule has 5 nitrogen and oxygen atoms in total. The van der Waals surface area contributed by atoms with Gasteiger partial charge >= 0.3 is 0 Å². The van der Waals surface area contributed by atoms with Gasteiger partial charge in [-0.2, -0.15) is 0 Å². The first-order valence-electron chi connectivity index (χ1n) is 9.23. The van der Waals surface area contributed by atoms with Gasteiger partial charge in [-0.3, -0.25) is 9.79 Å². The van der Waals surface area contributed by atoms with Gasteiger partial charge in [0.15, 0.2) is 5.96 Å². The number of hydrogen-bond donors (Lipinski definition) is 2. The average Bonchev–Trinajstić information content (AvgIpc) is 3.02. The molecule has 2 N–H and O–H groups in total. The van der Waals surface area contributed by atoms with Crippen molar-refractivity contribution < 1.29 is 4.79 Å². The predicted molar refractivity (Wildman–Crippen MR) is 97.6 cm³/mol. The van der Waals surface area contributed by atoms with Crippen LogP contribution in [0.15, 0.2) is 4.99 Å². The van der Waals surface area contributed by atoms with E-state index in [4.69, 9.17) is 4.99 Å². The van der Waals surface area contributed by atoms with Gasteiger partial charge in [0.2, 0.25) is 5.91 Å². The lowest BCUT2D eigenvalue weighted by molar-refractivity contribution is -0.138. The van der Waals surface area contributed by atoms with Crippen LogP contribution in [0, 0.1) is 11.3 Å². The summed E-state index contributed by atoms with van der Waals surface area (Å²) in [5.41, 5.74) is -0.291. The monoisotopic (exact) mass is 324 g/mol. The molecule has 1 rings (SSSR count). The number of carbonyl (C=O) groups is 1. The van der Waals surface area contributed by atoms with Crippen LogP contribution in [0.5, 0.6) is 0 Å². The van der Waals surface area contributed by atoms with E-state index in [-0.39, 0.29) is 11.3 Å². The highest BCUT2D eigenvalue weighted by Gasteiger charge is 2.42. The lowest BCUT2D eigenvalue weighted by Gasteiger charge is -2.29. The van der Waals surface area contributed by atoms with Crippen molar-refractivity contribution in [3.63, 3.8) is 0 Å². The number of nitrogens with zero attached hydrogens (tertiary/aromatic N) is 2. The molecular weight excluding hydrogens is 288 g/mol. The smallest absolute Gasteiger partial charge is 0.230 e. The van der Waals surface area contributed by atoms with Crippen LogP contribution in [0.4, 0.5) is 0 Å². The van der Waals surface area contributed by atoms with E-state index >= 15 is 0 Å². The summed E-state index contributed by atoms with van der Waals surface area (Å²) in [6.07, 6.45) is 6.52. The third kappa shape index (κ3) is 5.70. The third-order valence-corrected chi connectivity index (χ3v) is 5.02. The molecule has 0 saturated heterocycles. The minimum absolute atomic E-state index is 0.231. The molecule has 0 unspecified atom stereocenters. The Morgan fingerprint density at radius 3 is 2.22 bits per heavy atom. The summed E-state index contributed by atoms with van der Waals surface area (Å²) < 4.78 is 0. The van der Waals surface area contributed by atoms with Gasteiger partial charge in [0.1, 0.15) is 0 Å². The number of amides is 1. The third-order valence-electron chi connectivity index (χ3n) is 5.02. The Kier molecular flexibility index (Phi) is 8.42. The maximum Gasteiger partial charge on any atom is 0.230 e. The number of rotatable bonds is 8. The summed E-state index contributed by atoms with van der Waals surface area (Å²) in [5.74, 6) is 1.74. The second kappa shape index (κ2) is 9.78. The van der Waals surface area contributed by atoms with Crippen LogP contribution in [0.25, 0.3) is 0 Å². The highest BCUT2D eigenvalue weighted by Crippen LogP contribution is 2.39. The molecule has 1 amide bonds. The molecule has 0 atom stereocenters. The molecule has 0 aromatic heterocycles. The maximum atomic E-state index is 12.6. The second-order valence-corrected chi connectivity index (χ2v) is 6.95. The number of carbonyl (C=O) groups excluding carboxylic acids is 1. The molecule has 0 aromatic carbocycles. The second-order valence-electron chi connectivity index (χ2n) is 6.95. The lowest BCUT2D eigenvalue weighted by Crippen LogP contribution is -2.43. The Balaban J connectivity index is 2.75. The fourth-order valence-corrected chi connectivity index (χ4v) is 3.36. The Bertz CT molecular complexity index is 382. The Morgan fingerprint density at radius 2 is 1.74 bits per heavy atom. The zero-order valence-corrected chi connectivity index (χ0v) is 15.7. The molecule has 0 spiro atoms. The molecular formula is C18H36N4O. The quantitative estimate of drug-likeness (QED) is 0.533. The molecule has 23 heavy (non-hydrogen) atoms. The number of guanidine groups is 1. The van der Waals surface area contributed by atoms with Gasteiger partial charge in [-0.1, -0.05) is 39.5 Å². The number of nitrogens with one attached hydrogen (secondary N) is 2. The summed E-state index contributed by atoms with van der Waals surface area (Å²) >= 11 is 0. The molecule has 1 fully saturated rings. The lowest BCUT2D eigenvalue weighted by atomic mass is 9.85. The van der Waals surface area contributed by atoms with Gasteiger partial charge in [0, 0.05) is 27.2 Å². The van der Waals surface area contributed by atoms with Gasteiger partial charge in [0.25, 0.3) is 0 Å². The van der Waals surface area contributed by atoms with Crippen molar-refractivity contribution in [2.45, 2.75) is 59.3 Å². The average molecular weight is 325 g/mol. The van der Waals surface area contributed by atoms with Crippen LogP contribution >= 0.6 is 0 Å². The van der Waals surface area contributed by atoms with Crippen LogP contribution in [0.2, 0.25) is 0 Å². The predicted octanol–water partition coefficient (Wildman–Crippen LogP) is 2.63. The van der Waals surface area contributed by atoms with Crippen molar-refractivity contribution >= 4 is 11.9 Å². The first-order chi connectivity index (χ1) is 11.0. The van der Waals surface area contributed by atoms with Gasteiger partial charge in [-0.05, 0) is 25.7 Å². The van der Waals surface area contributed by atoms with Crippen molar-refractivity contribution in [2.75, 3.05) is 33.7 Å². The SMILES string of the molecule is CCNC(=NCC1(C(=O)N(C)C)CCCC1)NCC(CC)CC. The van der Waals surface area contributed by atoms with Crippen LogP contribution in [0.1, 0.15) is 59.3 Å². The normalized spacial score (nSPS) is 17.4. The van der Waals surface area contributed by atoms with Crippen LogP contribution < -0.4 is 10.6 Å². The molecule has 5 heteroatoms. The van der Waals surface area contributed by atoms with Crippen LogP contribution in [-0.4, -0.2) is 50.5 Å². The Morgan fingerprint density at radius 1 is 1.13 bits per heavy atom. The van der Waals surface area contributed by atoms with E-state index in [1.165, 1.54) is 12.8 Å². The number of aliphatic imine (C=N–C) groups is 1. The van der Waals surface area contributed by atoms with Crippen molar-refractivity contribution in [1.82, 2.24) is 15.5 Å². The maximum absolute atomic E-state index is 12.6. The van der Waals surface area contributed by atoms with Crippen molar-refractivity contribution in [3.05, 3.63) is 0 Å². The molecule has 0 aliphatic heterocycles. The van der Waals surface area contributed by atoms with Crippen LogP contribution in [0.3, 0.4) is 0 Å². The highest BCUT2D eigenvalue weighted by atomic mass is 16.2. The molecule has 1 aliphatic rings. The zero-order chi connectivity index (χ0) is 17.3. The molecule has 1 aliphatic carbocycles. The summed E-state index contributed by atoms with van der Waals surface area (Å²) in [6.45, 7) is 8.89. The number of hydrogen-bond acceptors (Lipinski definition) is 2. The summed E-state index contributed by atoms with van der Waals surface area (Å²) in [7, 11) is 3.70. The minimum Gasteiger partial charge on any atom is -0.357 e. The summed E-state index contributed by atoms with van der Waals surface area (Å²) in [5, 5.41) is 6.76. The van der Waals surface area contributed by atoms with Gasteiger partial charge < -0.3 is 15.5 Å². The Hall–Kier alpha value is -1.26. The van der Waals surface area contributed by atoms with E-state index in [0.29, 0.717) is 12.5 Å². The minimum atomic E-state index is -0.291. The molecule has 134 valence electrons. The standard InChI is InChI=1S/C18H36N4O/c1-6-15(7-2)13-20-17(19-8-3)21-14-18(11-9-10-12-18)16(23)22(4)5/h15H,6-14H2,1-5H3,(H2,19,20,21). The molecule has 0 radical (unpaired) electrons. The first kappa shape index (κ1) is 19.8. The van der Waals surface area contributed by atoms with Crippen molar-refractivity contribution in [3.8, 4) is 0 Å². The molecule has 0 bridgehead atoms. The van der Waals surface area contributed by atoms with Gasteiger partial charge in [0.05, 0.1) is 12.0 Å².